The van der Waals surface area contributed by atoms with Gasteiger partial charge < -0.3 is 5.32 Å². The molecule has 0 atom stereocenters. The van der Waals surface area contributed by atoms with Crippen molar-refractivity contribution in [1.82, 2.24) is 15.3 Å². The molecule has 4 heteroatoms. The highest BCUT2D eigenvalue weighted by molar-refractivity contribution is 5.30. The average molecular weight is 285 g/mol. The van der Waals surface area contributed by atoms with Crippen LogP contribution in [0.15, 0.2) is 24.3 Å². The first kappa shape index (κ1) is 14.1. The zero-order valence-electron chi connectivity index (χ0n) is 12.3. The molecule has 3 nitrogen and oxygen atoms in total. The van der Waals surface area contributed by atoms with Gasteiger partial charge in [0.15, 0.2) is 0 Å². The van der Waals surface area contributed by atoms with E-state index in [1.54, 1.807) is 12.1 Å². The molecular weight excluding hydrogens is 265 g/mol. The number of aryl methyl sites for hydroxylation is 1. The summed E-state index contributed by atoms with van der Waals surface area (Å²) in [7, 11) is 0. The lowest BCUT2D eigenvalue weighted by Gasteiger charge is -2.20. The molecule has 1 N–H and O–H groups in total. The lowest BCUT2D eigenvalue weighted by molar-refractivity contribution is 0.607. The van der Waals surface area contributed by atoms with E-state index in [4.69, 9.17) is 9.97 Å². The zero-order valence-corrected chi connectivity index (χ0v) is 12.3. The summed E-state index contributed by atoms with van der Waals surface area (Å²) in [6, 6.07) is 6.68. The largest absolute Gasteiger partial charge is 0.312 e. The van der Waals surface area contributed by atoms with Gasteiger partial charge in [0.1, 0.15) is 11.6 Å². The summed E-state index contributed by atoms with van der Waals surface area (Å²) in [5.41, 5.74) is 4.51. The van der Waals surface area contributed by atoms with Gasteiger partial charge in [-0.05, 0) is 24.1 Å². The van der Waals surface area contributed by atoms with Crippen LogP contribution in [-0.2, 0) is 25.8 Å². The number of halogens is 1. The monoisotopic (exact) mass is 285 g/mol. The maximum absolute atomic E-state index is 13.3. The van der Waals surface area contributed by atoms with Crippen LogP contribution in [0.3, 0.4) is 0 Å². The maximum Gasteiger partial charge on any atom is 0.133 e. The fourth-order valence-electron chi connectivity index (χ4n) is 2.82. The molecule has 0 spiro atoms. The Labute approximate surface area is 124 Å². The number of hydrogen-bond donors (Lipinski definition) is 1. The van der Waals surface area contributed by atoms with Crippen molar-refractivity contribution < 1.29 is 4.39 Å². The highest BCUT2D eigenvalue weighted by Gasteiger charge is 2.17. The Morgan fingerprint density at radius 1 is 1.29 bits per heavy atom. The number of nitrogens with zero attached hydrogens (tertiary/aromatic N) is 2. The Morgan fingerprint density at radius 3 is 3.00 bits per heavy atom. The number of nitrogens with one attached hydrogen (secondary N) is 1. The Balaban J connectivity index is 1.93. The molecule has 0 fully saturated rings. The first-order chi connectivity index (χ1) is 10.3. The fraction of sp³-hybridized carbons (Fsp3) is 0.412. The van der Waals surface area contributed by atoms with Crippen molar-refractivity contribution >= 4 is 0 Å². The average Bonchev–Trinajstić information content (AvgIpc) is 2.47. The summed E-state index contributed by atoms with van der Waals surface area (Å²) in [5, 5.41) is 3.39. The molecule has 0 saturated carbocycles. The van der Waals surface area contributed by atoms with E-state index in [9.17, 15) is 4.39 Å². The molecule has 0 amide bonds. The Hall–Kier alpha value is -1.81. The van der Waals surface area contributed by atoms with Crippen molar-refractivity contribution in [2.75, 3.05) is 6.54 Å². The summed E-state index contributed by atoms with van der Waals surface area (Å²) in [6.07, 6.45) is 3.59. The van der Waals surface area contributed by atoms with E-state index < -0.39 is 0 Å². The van der Waals surface area contributed by atoms with E-state index in [0.717, 1.165) is 49.4 Å². The molecule has 2 heterocycles. The van der Waals surface area contributed by atoms with Gasteiger partial charge in [-0.2, -0.15) is 0 Å². The Kier molecular flexibility index (Phi) is 4.25. The maximum atomic E-state index is 13.3. The van der Waals surface area contributed by atoms with Crippen molar-refractivity contribution in [3.8, 4) is 0 Å². The minimum Gasteiger partial charge on any atom is -0.312 e. The molecular formula is C17H20FN3. The highest BCUT2D eigenvalue weighted by atomic mass is 19.1. The lowest BCUT2D eigenvalue weighted by atomic mass is 10.0. The van der Waals surface area contributed by atoms with E-state index in [-0.39, 0.29) is 5.82 Å². The van der Waals surface area contributed by atoms with Gasteiger partial charge in [0.25, 0.3) is 0 Å². The topological polar surface area (TPSA) is 37.8 Å². The molecule has 2 aromatic rings. The summed E-state index contributed by atoms with van der Waals surface area (Å²) >= 11 is 0. The molecule has 1 aliphatic rings. The number of fused-ring (bicyclic) bond motifs is 1. The van der Waals surface area contributed by atoms with Gasteiger partial charge in [0.2, 0.25) is 0 Å². The highest BCUT2D eigenvalue weighted by Crippen LogP contribution is 2.18. The molecule has 1 aromatic heterocycles. The second kappa shape index (κ2) is 6.31. The molecule has 1 aromatic carbocycles. The third kappa shape index (κ3) is 3.27. The summed E-state index contributed by atoms with van der Waals surface area (Å²) in [4.78, 5) is 9.43. The molecule has 0 aliphatic carbocycles. The van der Waals surface area contributed by atoms with E-state index in [2.05, 4.69) is 12.2 Å². The van der Waals surface area contributed by atoms with Crippen LogP contribution in [0.1, 0.15) is 41.7 Å². The normalized spacial score (nSPS) is 14.0. The van der Waals surface area contributed by atoms with Crippen LogP contribution in [0.25, 0.3) is 0 Å². The van der Waals surface area contributed by atoms with E-state index in [1.807, 2.05) is 6.07 Å². The van der Waals surface area contributed by atoms with Gasteiger partial charge in [-0.1, -0.05) is 25.5 Å². The second-order valence-electron chi connectivity index (χ2n) is 5.50. The third-order valence-electron chi connectivity index (χ3n) is 3.80. The van der Waals surface area contributed by atoms with Crippen molar-refractivity contribution in [2.45, 2.75) is 39.2 Å². The minimum absolute atomic E-state index is 0.205. The first-order valence-corrected chi connectivity index (χ1v) is 7.59. The SMILES string of the molecule is CCCc1nc(Cc2cccc(F)c2)nc2c1CNCC2. The van der Waals surface area contributed by atoms with Gasteiger partial charge in [-0.15, -0.1) is 0 Å². The van der Waals surface area contributed by atoms with Crippen LogP contribution in [0, 0.1) is 5.82 Å². The molecule has 0 unspecified atom stereocenters. The van der Waals surface area contributed by atoms with Crippen molar-refractivity contribution in [2.24, 2.45) is 0 Å². The van der Waals surface area contributed by atoms with Crippen molar-refractivity contribution in [1.29, 1.82) is 0 Å². The van der Waals surface area contributed by atoms with Gasteiger partial charge in [0.05, 0.1) is 5.69 Å². The van der Waals surface area contributed by atoms with Crippen LogP contribution in [0.5, 0.6) is 0 Å². The number of rotatable bonds is 4. The predicted octanol–water partition coefficient (Wildman–Crippen LogP) is 2.80. The van der Waals surface area contributed by atoms with Gasteiger partial charge in [-0.25, -0.2) is 14.4 Å². The van der Waals surface area contributed by atoms with Crippen LogP contribution in [0.4, 0.5) is 4.39 Å². The van der Waals surface area contributed by atoms with E-state index in [0.29, 0.717) is 6.42 Å². The van der Waals surface area contributed by atoms with E-state index >= 15 is 0 Å². The fourth-order valence-corrected chi connectivity index (χ4v) is 2.82. The Bertz CT molecular complexity index is 640. The smallest absolute Gasteiger partial charge is 0.133 e. The van der Waals surface area contributed by atoms with E-state index in [1.165, 1.54) is 17.3 Å². The molecule has 1 aliphatic heterocycles. The molecule has 21 heavy (non-hydrogen) atoms. The molecule has 0 saturated heterocycles. The third-order valence-corrected chi connectivity index (χ3v) is 3.80. The summed E-state index contributed by atoms with van der Waals surface area (Å²) < 4.78 is 13.3. The van der Waals surface area contributed by atoms with Gasteiger partial charge in [0, 0.05) is 37.2 Å². The van der Waals surface area contributed by atoms with Crippen LogP contribution in [-0.4, -0.2) is 16.5 Å². The van der Waals surface area contributed by atoms with Crippen LogP contribution >= 0.6 is 0 Å². The molecule has 110 valence electrons. The first-order valence-electron chi connectivity index (χ1n) is 7.59. The molecule has 0 bridgehead atoms. The zero-order chi connectivity index (χ0) is 14.7. The lowest BCUT2D eigenvalue weighted by Crippen LogP contribution is -2.27. The quantitative estimate of drug-likeness (QED) is 0.938. The molecule has 0 radical (unpaired) electrons. The second-order valence-corrected chi connectivity index (χ2v) is 5.50. The number of aromatic nitrogens is 2. The standard InChI is InChI=1S/C17H20FN3/c1-2-4-15-14-11-19-8-7-16(14)21-17(20-15)10-12-5-3-6-13(18)9-12/h3,5-6,9,19H,2,4,7-8,10-11H2,1H3. The van der Waals surface area contributed by atoms with Gasteiger partial charge >= 0.3 is 0 Å². The van der Waals surface area contributed by atoms with Crippen LogP contribution in [0.2, 0.25) is 0 Å². The minimum atomic E-state index is -0.205. The van der Waals surface area contributed by atoms with Gasteiger partial charge in [-0.3, -0.25) is 0 Å². The van der Waals surface area contributed by atoms with Crippen LogP contribution < -0.4 is 5.32 Å². The Morgan fingerprint density at radius 2 is 2.19 bits per heavy atom. The summed E-state index contributed by atoms with van der Waals surface area (Å²) in [6.45, 7) is 4.00. The summed E-state index contributed by atoms with van der Waals surface area (Å²) in [5.74, 6) is 0.605. The number of benzene rings is 1. The predicted molar refractivity (Wildman–Crippen MR) is 80.6 cm³/mol. The van der Waals surface area contributed by atoms with Crippen molar-refractivity contribution in [3.63, 3.8) is 0 Å². The van der Waals surface area contributed by atoms with Crippen molar-refractivity contribution in [3.05, 3.63) is 58.4 Å². The number of hydrogen-bond acceptors (Lipinski definition) is 3. The molecule has 3 rings (SSSR count).